The fourth-order valence-corrected chi connectivity index (χ4v) is 4.02. The van der Waals surface area contributed by atoms with Crippen molar-refractivity contribution in [3.8, 4) is 11.5 Å². The summed E-state index contributed by atoms with van der Waals surface area (Å²) in [6.07, 6.45) is 0.859. The fourth-order valence-electron chi connectivity index (χ4n) is 3.89. The van der Waals surface area contributed by atoms with E-state index >= 15 is 0 Å². The van der Waals surface area contributed by atoms with Crippen molar-refractivity contribution in [2.24, 2.45) is 0 Å². The molecule has 0 radical (unpaired) electrons. The van der Waals surface area contributed by atoms with E-state index in [9.17, 15) is 0 Å². The van der Waals surface area contributed by atoms with Crippen molar-refractivity contribution in [3.05, 3.63) is 102 Å². The van der Waals surface area contributed by atoms with E-state index in [1.165, 1.54) is 5.39 Å². The maximum atomic E-state index is 6.13. The molecule has 0 saturated carbocycles. The summed E-state index contributed by atoms with van der Waals surface area (Å²) in [7, 11) is 0. The number of imidazole rings is 1. The van der Waals surface area contributed by atoms with E-state index in [0.29, 0.717) is 18.2 Å². The predicted octanol–water partition coefficient (Wildman–Crippen LogP) is 6.89. The topological polar surface area (TPSA) is 36.3 Å². The zero-order valence-electron chi connectivity index (χ0n) is 17.6. The van der Waals surface area contributed by atoms with Gasteiger partial charge in [0.2, 0.25) is 0 Å². The minimum absolute atomic E-state index is 0.389. The number of rotatable bonds is 8. The van der Waals surface area contributed by atoms with E-state index in [4.69, 9.17) is 26.1 Å². The van der Waals surface area contributed by atoms with Gasteiger partial charge in [0.05, 0.1) is 17.6 Å². The third kappa shape index (κ3) is 4.41. The van der Waals surface area contributed by atoms with Crippen LogP contribution < -0.4 is 9.47 Å². The maximum absolute atomic E-state index is 6.13. The molecule has 0 amide bonds. The summed E-state index contributed by atoms with van der Waals surface area (Å²) in [6.45, 7) is 1.81. The number of halogens is 1. The van der Waals surface area contributed by atoms with Crippen LogP contribution in [0.4, 0.5) is 0 Å². The summed E-state index contributed by atoms with van der Waals surface area (Å²) in [5.41, 5.74) is 2.07. The van der Waals surface area contributed by atoms with Crippen LogP contribution in [0.25, 0.3) is 21.8 Å². The lowest BCUT2D eigenvalue weighted by molar-refractivity contribution is 0.281. The molecule has 5 aromatic rings. The third-order valence-corrected chi connectivity index (χ3v) is 5.70. The molecule has 1 aromatic heterocycles. The van der Waals surface area contributed by atoms with Crippen LogP contribution in [-0.4, -0.2) is 16.2 Å². The minimum atomic E-state index is 0.389. The summed E-state index contributed by atoms with van der Waals surface area (Å²) in [5.74, 6) is 2.59. The van der Waals surface area contributed by atoms with Gasteiger partial charge in [-0.05, 0) is 54.3 Å². The van der Waals surface area contributed by atoms with Gasteiger partial charge in [-0.15, -0.1) is 0 Å². The van der Waals surface area contributed by atoms with Crippen molar-refractivity contribution in [2.45, 2.75) is 19.6 Å². The Kier molecular flexibility index (Phi) is 5.95. The zero-order chi connectivity index (χ0) is 21.8. The van der Waals surface area contributed by atoms with Crippen molar-refractivity contribution in [3.63, 3.8) is 0 Å². The van der Waals surface area contributed by atoms with Gasteiger partial charge in [0, 0.05) is 17.0 Å². The van der Waals surface area contributed by atoms with Gasteiger partial charge in [0.25, 0.3) is 0 Å². The highest BCUT2D eigenvalue weighted by Gasteiger charge is 2.11. The summed E-state index contributed by atoms with van der Waals surface area (Å²) in [5, 5.41) is 3.02. The van der Waals surface area contributed by atoms with Gasteiger partial charge in [0.1, 0.15) is 23.9 Å². The second kappa shape index (κ2) is 9.33. The van der Waals surface area contributed by atoms with E-state index in [0.717, 1.165) is 46.7 Å². The van der Waals surface area contributed by atoms with Crippen LogP contribution in [0.3, 0.4) is 0 Å². The van der Waals surface area contributed by atoms with E-state index in [2.05, 4.69) is 28.8 Å². The Labute approximate surface area is 192 Å². The Hall–Kier alpha value is -3.50. The molecule has 0 aliphatic carbocycles. The van der Waals surface area contributed by atoms with Crippen LogP contribution in [0.2, 0.25) is 5.02 Å². The number of aryl methyl sites for hydroxylation is 1. The minimum Gasteiger partial charge on any atom is -0.493 e. The average Bonchev–Trinajstić information content (AvgIpc) is 3.19. The molecule has 0 spiro atoms. The maximum Gasteiger partial charge on any atom is 0.147 e. The molecular weight excluding hydrogens is 420 g/mol. The molecule has 0 unspecified atom stereocenters. The number of hydrogen-bond acceptors (Lipinski definition) is 3. The lowest BCUT2D eigenvalue weighted by atomic mass is 10.1. The number of aromatic nitrogens is 2. The second-order valence-corrected chi connectivity index (χ2v) is 8.03. The molecule has 0 fully saturated rings. The van der Waals surface area contributed by atoms with Crippen LogP contribution in [0.1, 0.15) is 12.2 Å². The molecule has 5 heteroatoms. The summed E-state index contributed by atoms with van der Waals surface area (Å²) in [6, 6.07) is 30.0. The fraction of sp³-hybridized carbons (Fsp3) is 0.148. The number of benzene rings is 4. The van der Waals surface area contributed by atoms with Gasteiger partial charge < -0.3 is 14.0 Å². The molecule has 160 valence electrons. The Bertz CT molecular complexity index is 1340. The van der Waals surface area contributed by atoms with Gasteiger partial charge >= 0.3 is 0 Å². The van der Waals surface area contributed by atoms with Gasteiger partial charge in [-0.3, -0.25) is 0 Å². The Morgan fingerprint density at radius 2 is 1.56 bits per heavy atom. The highest BCUT2D eigenvalue weighted by molar-refractivity contribution is 6.30. The second-order valence-electron chi connectivity index (χ2n) is 7.59. The van der Waals surface area contributed by atoms with Crippen molar-refractivity contribution in [2.75, 3.05) is 6.61 Å². The standard InChI is InChI=1S/C27H23ClN2O2/c28-21-13-15-22(16-14-21)32-19-27-29-24-10-3-4-11-25(24)30(27)17-6-18-31-26-12-5-8-20-7-1-2-9-23(20)26/h1-5,7-16H,6,17-19H2. The SMILES string of the molecule is Clc1ccc(OCc2nc3ccccc3n2CCCOc2cccc3ccccc23)cc1. The summed E-state index contributed by atoms with van der Waals surface area (Å²) < 4.78 is 14.3. The Balaban J connectivity index is 1.28. The Morgan fingerprint density at radius 1 is 0.781 bits per heavy atom. The lowest BCUT2D eigenvalue weighted by Gasteiger charge is -2.12. The summed E-state index contributed by atoms with van der Waals surface area (Å²) in [4.78, 5) is 4.79. The van der Waals surface area contributed by atoms with Crippen molar-refractivity contribution < 1.29 is 9.47 Å². The Morgan fingerprint density at radius 3 is 2.47 bits per heavy atom. The molecule has 0 aliphatic heterocycles. The first-order valence-corrected chi connectivity index (χ1v) is 11.1. The van der Waals surface area contributed by atoms with E-state index in [-0.39, 0.29) is 0 Å². The number of ether oxygens (including phenoxy) is 2. The first-order valence-electron chi connectivity index (χ1n) is 10.7. The normalized spacial score (nSPS) is 11.2. The average molecular weight is 443 g/mol. The van der Waals surface area contributed by atoms with Gasteiger partial charge in [-0.2, -0.15) is 0 Å². The van der Waals surface area contributed by atoms with E-state index < -0.39 is 0 Å². The predicted molar refractivity (Wildman–Crippen MR) is 130 cm³/mol. The smallest absolute Gasteiger partial charge is 0.147 e. The first kappa shape index (κ1) is 20.4. The third-order valence-electron chi connectivity index (χ3n) is 5.45. The summed E-state index contributed by atoms with van der Waals surface area (Å²) >= 11 is 5.97. The highest BCUT2D eigenvalue weighted by Crippen LogP contribution is 2.25. The number of nitrogens with zero attached hydrogens (tertiary/aromatic N) is 2. The molecule has 0 bridgehead atoms. The first-order chi connectivity index (χ1) is 15.8. The number of hydrogen-bond donors (Lipinski definition) is 0. The van der Waals surface area contributed by atoms with Crippen molar-refractivity contribution >= 4 is 33.4 Å². The lowest BCUT2D eigenvalue weighted by Crippen LogP contribution is -2.10. The van der Waals surface area contributed by atoms with Crippen LogP contribution >= 0.6 is 11.6 Å². The molecule has 32 heavy (non-hydrogen) atoms. The zero-order valence-corrected chi connectivity index (χ0v) is 18.3. The molecule has 5 rings (SSSR count). The van der Waals surface area contributed by atoms with Crippen LogP contribution in [0, 0.1) is 0 Å². The van der Waals surface area contributed by atoms with E-state index in [1.54, 1.807) is 0 Å². The van der Waals surface area contributed by atoms with Crippen LogP contribution in [-0.2, 0) is 13.2 Å². The van der Waals surface area contributed by atoms with Gasteiger partial charge in [-0.1, -0.05) is 60.1 Å². The van der Waals surface area contributed by atoms with Gasteiger partial charge in [-0.25, -0.2) is 4.98 Å². The molecule has 4 aromatic carbocycles. The van der Waals surface area contributed by atoms with Crippen molar-refractivity contribution in [1.29, 1.82) is 0 Å². The van der Waals surface area contributed by atoms with E-state index in [1.807, 2.05) is 66.7 Å². The number of para-hydroxylation sites is 2. The molecule has 1 heterocycles. The van der Waals surface area contributed by atoms with Crippen LogP contribution in [0.5, 0.6) is 11.5 Å². The van der Waals surface area contributed by atoms with Crippen LogP contribution in [0.15, 0.2) is 91.0 Å². The highest BCUT2D eigenvalue weighted by atomic mass is 35.5. The largest absolute Gasteiger partial charge is 0.493 e. The molecular formula is C27H23ClN2O2. The van der Waals surface area contributed by atoms with Gasteiger partial charge in [0.15, 0.2) is 0 Å². The molecule has 4 nitrogen and oxygen atoms in total. The molecule has 0 aliphatic rings. The van der Waals surface area contributed by atoms with Crippen molar-refractivity contribution in [1.82, 2.24) is 9.55 Å². The molecule has 0 atom stereocenters. The monoisotopic (exact) mass is 442 g/mol. The molecule has 0 saturated heterocycles. The quantitative estimate of drug-likeness (QED) is 0.245. The number of fused-ring (bicyclic) bond motifs is 2. The molecule has 0 N–H and O–H groups in total.